The van der Waals surface area contributed by atoms with Crippen molar-refractivity contribution in [3.63, 3.8) is 0 Å². The average Bonchev–Trinajstić information content (AvgIpc) is 2.81. The first kappa shape index (κ1) is 17.6. The highest BCUT2D eigenvalue weighted by Crippen LogP contribution is 2.22. The molecule has 130 valence electrons. The maximum absolute atomic E-state index is 13.3. The third-order valence-electron chi connectivity index (χ3n) is 3.46. The molecule has 0 bridgehead atoms. The quantitative estimate of drug-likeness (QED) is 0.784. The van der Waals surface area contributed by atoms with Gasteiger partial charge in [-0.1, -0.05) is 28.1 Å². The summed E-state index contributed by atoms with van der Waals surface area (Å²) in [7, 11) is -3.63. The highest BCUT2D eigenvalue weighted by atomic mass is 79.9. The molecule has 0 radical (unpaired) electrons. The Morgan fingerprint density at radius 3 is 2.76 bits per heavy atom. The lowest BCUT2D eigenvalue weighted by Crippen LogP contribution is -2.28. The Morgan fingerprint density at radius 2 is 2.00 bits per heavy atom. The predicted molar refractivity (Wildman–Crippen MR) is 94.1 cm³/mol. The largest absolute Gasteiger partial charge is 0.350 e. The standard InChI is InChI=1S/C16H13BrFN3O3S/c17-11-5-10(6-12(18)7-11)8-19-15(22)9-20-16-13-3-1-2-4-14(13)25(23,24)21-16/h1-7H,8-9H2,(H,19,22)(H,20,21). The van der Waals surface area contributed by atoms with Gasteiger partial charge in [-0.15, -0.1) is 0 Å². The van der Waals surface area contributed by atoms with E-state index in [2.05, 4.69) is 31.0 Å². The molecule has 0 saturated heterocycles. The van der Waals surface area contributed by atoms with Gasteiger partial charge in [0.2, 0.25) is 5.91 Å². The Bertz CT molecular complexity index is 956. The smallest absolute Gasteiger partial charge is 0.263 e. The van der Waals surface area contributed by atoms with E-state index in [4.69, 9.17) is 0 Å². The first-order chi connectivity index (χ1) is 11.8. The number of nitrogens with zero attached hydrogens (tertiary/aromatic N) is 1. The summed E-state index contributed by atoms with van der Waals surface area (Å²) in [5.41, 5.74) is 1.03. The van der Waals surface area contributed by atoms with E-state index in [9.17, 15) is 17.6 Å². The number of carbonyl (C=O) groups excluding carboxylic acids is 1. The normalized spacial score (nSPS) is 16.3. The van der Waals surface area contributed by atoms with Crippen LogP contribution in [0.3, 0.4) is 0 Å². The number of aliphatic imine (C=N–C) groups is 1. The van der Waals surface area contributed by atoms with Gasteiger partial charge in [0, 0.05) is 16.6 Å². The minimum absolute atomic E-state index is 0.138. The molecule has 2 aromatic rings. The zero-order chi connectivity index (χ0) is 18.0. The summed E-state index contributed by atoms with van der Waals surface area (Å²) in [5.74, 6) is -0.674. The topological polar surface area (TPSA) is 87.6 Å². The van der Waals surface area contributed by atoms with Gasteiger partial charge >= 0.3 is 0 Å². The Kier molecular flexibility index (Phi) is 4.87. The van der Waals surface area contributed by atoms with Crippen molar-refractivity contribution in [2.45, 2.75) is 11.4 Å². The number of hydrogen-bond donors (Lipinski definition) is 2. The maximum atomic E-state index is 13.3. The Morgan fingerprint density at radius 1 is 1.24 bits per heavy atom. The molecule has 0 aliphatic carbocycles. The number of fused-ring (bicyclic) bond motifs is 1. The van der Waals surface area contributed by atoms with E-state index < -0.39 is 21.7 Å². The number of amidine groups is 1. The number of benzene rings is 2. The maximum Gasteiger partial charge on any atom is 0.263 e. The van der Waals surface area contributed by atoms with Gasteiger partial charge in [0.1, 0.15) is 18.2 Å². The molecular weight excluding hydrogens is 413 g/mol. The van der Waals surface area contributed by atoms with Gasteiger partial charge in [-0.25, -0.2) is 12.8 Å². The SMILES string of the molecule is O=C(CN=C1NS(=O)(=O)c2ccccc21)NCc1cc(F)cc(Br)c1. The lowest BCUT2D eigenvalue weighted by molar-refractivity contribution is -0.119. The molecule has 1 aliphatic rings. The Labute approximate surface area is 152 Å². The van der Waals surface area contributed by atoms with E-state index in [-0.39, 0.29) is 23.8 Å². The molecular formula is C16H13BrFN3O3S. The summed E-state index contributed by atoms with van der Waals surface area (Å²) >= 11 is 3.18. The third-order valence-corrected chi connectivity index (χ3v) is 5.31. The van der Waals surface area contributed by atoms with Crippen LogP contribution in [0.25, 0.3) is 0 Å². The number of carbonyl (C=O) groups is 1. The van der Waals surface area contributed by atoms with E-state index in [0.717, 1.165) is 0 Å². The minimum Gasteiger partial charge on any atom is -0.350 e. The van der Waals surface area contributed by atoms with Crippen molar-refractivity contribution in [2.24, 2.45) is 4.99 Å². The summed E-state index contributed by atoms with van der Waals surface area (Å²) < 4.78 is 40.1. The van der Waals surface area contributed by atoms with Crippen molar-refractivity contribution in [3.8, 4) is 0 Å². The summed E-state index contributed by atoms with van der Waals surface area (Å²) in [6, 6.07) is 10.7. The van der Waals surface area contributed by atoms with Crippen molar-refractivity contribution < 1.29 is 17.6 Å². The summed E-state index contributed by atoms with van der Waals surface area (Å²) in [4.78, 5) is 16.1. The highest BCUT2D eigenvalue weighted by molar-refractivity contribution is 9.10. The van der Waals surface area contributed by atoms with Crippen LogP contribution < -0.4 is 10.0 Å². The second kappa shape index (κ2) is 6.93. The summed E-state index contributed by atoms with van der Waals surface area (Å²) in [6.07, 6.45) is 0. The summed E-state index contributed by atoms with van der Waals surface area (Å²) in [6.45, 7) is -0.106. The first-order valence-electron chi connectivity index (χ1n) is 7.23. The number of halogens is 2. The lowest BCUT2D eigenvalue weighted by Gasteiger charge is -2.05. The fourth-order valence-electron chi connectivity index (χ4n) is 2.37. The highest BCUT2D eigenvalue weighted by Gasteiger charge is 2.30. The zero-order valence-corrected chi connectivity index (χ0v) is 15.2. The molecule has 1 amide bonds. The molecule has 0 fully saturated rings. The van der Waals surface area contributed by atoms with Crippen molar-refractivity contribution in [1.29, 1.82) is 0 Å². The van der Waals surface area contributed by atoms with Gasteiger partial charge in [0.05, 0.1) is 4.90 Å². The van der Waals surface area contributed by atoms with E-state index >= 15 is 0 Å². The number of hydrogen-bond acceptors (Lipinski definition) is 4. The molecule has 25 heavy (non-hydrogen) atoms. The van der Waals surface area contributed by atoms with Crippen LogP contribution in [0, 0.1) is 5.82 Å². The second-order valence-corrected chi connectivity index (χ2v) is 7.89. The van der Waals surface area contributed by atoms with Crippen LogP contribution >= 0.6 is 15.9 Å². The molecule has 1 heterocycles. The lowest BCUT2D eigenvalue weighted by atomic mass is 10.2. The monoisotopic (exact) mass is 425 g/mol. The molecule has 1 aliphatic heterocycles. The van der Waals surface area contributed by atoms with Gasteiger partial charge in [-0.3, -0.25) is 14.5 Å². The second-order valence-electron chi connectivity index (χ2n) is 5.32. The van der Waals surface area contributed by atoms with E-state index in [1.165, 1.54) is 18.2 Å². The van der Waals surface area contributed by atoms with Crippen LogP contribution in [0.5, 0.6) is 0 Å². The van der Waals surface area contributed by atoms with Crippen LogP contribution in [-0.4, -0.2) is 26.7 Å². The molecule has 0 aromatic heterocycles. The van der Waals surface area contributed by atoms with Crippen molar-refractivity contribution in [3.05, 3.63) is 63.9 Å². The molecule has 3 rings (SSSR count). The number of amides is 1. The fourth-order valence-corrected chi connectivity index (χ4v) is 4.14. The molecule has 0 saturated carbocycles. The van der Waals surface area contributed by atoms with Crippen molar-refractivity contribution >= 4 is 37.7 Å². The van der Waals surface area contributed by atoms with Gasteiger partial charge in [0.25, 0.3) is 10.0 Å². The summed E-state index contributed by atoms with van der Waals surface area (Å²) in [5, 5.41) is 2.61. The van der Waals surface area contributed by atoms with Crippen LogP contribution in [0.4, 0.5) is 4.39 Å². The van der Waals surface area contributed by atoms with Crippen LogP contribution in [0.15, 0.2) is 56.8 Å². The van der Waals surface area contributed by atoms with E-state index in [1.807, 2.05) is 0 Å². The Hall–Kier alpha value is -2.26. The third kappa shape index (κ3) is 4.05. The zero-order valence-electron chi connectivity index (χ0n) is 12.8. The molecule has 2 N–H and O–H groups in total. The molecule has 0 unspecified atom stereocenters. The number of nitrogens with one attached hydrogen (secondary N) is 2. The van der Waals surface area contributed by atoms with Crippen molar-refractivity contribution in [1.82, 2.24) is 10.0 Å². The van der Waals surface area contributed by atoms with Gasteiger partial charge < -0.3 is 5.32 Å². The van der Waals surface area contributed by atoms with Crippen LogP contribution in [0.2, 0.25) is 0 Å². The molecule has 0 atom stereocenters. The molecule has 6 nitrogen and oxygen atoms in total. The predicted octanol–water partition coefficient (Wildman–Crippen LogP) is 1.94. The fraction of sp³-hybridized carbons (Fsp3) is 0.125. The van der Waals surface area contributed by atoms with Crippen LogP contribution in [-0.2, 0) is 21.4 Å². The van der Waals surface area contributed by atoms with Crippen LogP contribution in [0.1, 0.15) is 11.1 Å². The first-order valence-corrected chi connectivity index (χ1v) is 9.51. The number of rotatable bonds is 4. The molecule has 2 aromatic carbocycles. The average molecular weight is 426 g/mol. The van der Waals surface area contributed by atoms with Crippen molar-refractivity contribution in [2.75, 3.05) is 6.54 Å². The van der Waals surface area contributed by atoms with Gasteiger partial charge in [-0.2, -0.15) is 0 Å². The van der Waals surface area contributed by atoms with E-state index in [0.29, 0.717) is 15.6 Å². The van der Waals surface area contributed by atoms with Gasteiger partial charge in [-0.05, 0) is 35.9 Å². The minimum atomic E-state index is -3.63. The number of sulfonamides is 1. The van der Waals surface area contributed by atoms with Gasteiger partial charge in [0.15, 0.2) is 0 Å². The molecule has 9 heteroatoms. The van der Waals surface area contributed by atoms with E-state index in [1.54, 1.807) is 24.3 Å². The Balaban J connectivity index is 1.65. The molecule has 0 spiro atoms.